The van der Waals surface area contributed by atoms with E-state index in [9.17, 15) is 5.11 Å². The second-order valence-corrected chi connectivity index (χ2v) is 4.32. The molecule has 1 aromatic heterocycles. The van der Waals surface area contributed by atoms with Crippen molar-refractivity contribution in [2.24, 2.45) is 13.0 Å². The predicted octanol–water partition coefficient (Wildman–Crippen LogP) is 0.608. The van der Waals surface area contributed by atoms with Crippen LogP contribution in [0.5, 0.6) is 0 Å². The number of aliphatic hydroxyl groups is 1. The van der Waals surface area contributed by atoms with Gasteiger partial charge in [0.25, 0.3) is 0 Å². The molecule has 0 saturated heterocycles. The van der Waals surface area contributed by atoms with E-state index in [0.29, 0.717) is 11.7 Å². The number of rotatable bonds is 1. The van der Waals surface area contributed by atoms with Gasteiger partial charge >= 0.3 is 0 Å². The van der Waals surface area contributed by atoms with Crippen LogP contribution in [0.3, 0.4) is 0 Å². The van der Waals surface area contributed by atoms with E-state index in [2.05, 4.69) is 22.3 Å². The summed E-state index contributed by atoms with van der Waals surface area (Å²) in [7, 11) is 1.71. The lowest BCUT2D eigenvalue weighted by atomic mass is 9.79. The Labute approximate surface area is 83.1 Å². The fraction of sp³-hybridized carbons (Fsp3) is 0.889. The Kier molecular flexibility index (Phi) is 2.26. The first kappa shape index (κ1) is 9.58. The molecule has 0 unspecified atom stereocenters. The van der Waals surface area contributed by atoms with E-state index < -0.39 is 5.60 Å². The van der Waals surface area contributed by atoms with Gasteiger partial charge in [-0.05, 0) is 36.8 Å². The Morgan fingerprint density at radius 1 is 1.43 bits per heavy atom. The molecular formula is C9H16N4O. The smallest absolute Gasteiger partial charge is 0.206 e. The monoisotopic (exact) mass is 196 g/mol. The minimum Gasteiger partial charge on any atom is -0.382 e. The number of nitrogens with zero attached hydrogens (tertiary/aromatic N) is 4. The van der Waals surface area contributed by atoms with Gasteiger partial charge < -0.3 is 5.11 Å². The molecule has 0 amide bonds. The maximum Gasteiger partial charge on any atom is 0.206 e. The molecule has 1 saturated carbocycles. The Hall–Kier alpha value is -0.970. The van der Waals surface area contributed by atoms with E-state index in [1.54, 1.807) is 7.05 Å². The summed E-state index contributed by atoms with van der Waals surface area (Å²) < 4.78 is 0. The summed E-state index contributed by atoms with van der Waals surface area (Å²) in [5, 5.41) is 22.0. The Morgan fingerprint density at radius 3 is 2.57 bits per heavy atom. The van der Waals surface area contributed by atoms with Crippen LogP contribution < -0.4 is 0 Å². The molecule has 1 fully saturated rings. The fourth-order valence-electron chi connectivity index (χ4n) is 1.93. The van der Waals surface area contributed by atoms with Crippen LogP contribution in [0.4, 0.5) is 0 Å². The zero-order valence-electron chi connectivity index (χ0n) is 8.64. The van der Waals surface area contributed by atoms with Gasteiger partial charge in [0.2, 0.25) is 5.82 Å². The molecule has 5 nitrogen and oxygen atoms in total. The van der Waals surface area contributed by atoms with Gasteiger partial charge in [0.05, 0.1) is 7.05 Å². The molecule has 0 bridgehead atoms. The molecule has 1 aliphatic carbocycles. The van der Waals surface area contributed by atoms with Crippen LogP contribution in [0.25, 0.3) is 0 Å². The lowest BCUT2D eigenvalue weighted by Gasteiger charge is -2.31. The van der Waals surface area contributed by atoms with E-state index in [-0.39, 0.29) is 0 Å². The minimum absolute atomic E-state index is 0.479. The first-order valence-corrected chi connectivity index (χ1v) is 5.07. The van der Waals surface area contributed by atoms with Gasteiger partial charge in [0.1, 0.15) is 5.60 Å². The summed E-state index contributed by atoms with van der Waals surface area (Å²) in [6.45, 7) is 2.21. The third-order valence-corrected chi connectivity index (χ3v) is 3.03. The molecule has 1 aliphatic rings. The van der Waals surface area contributed by atoms with Gasteiger partial charge in [0, 0.05) is 0 Å². The molecule has 1 heterocycles. The van der Waals surface area contributed by atoms with Crippen LogP contribution in [0.2, 0.25) is 0 Å². The summed E-state index contributed by atoms with van der Waals surface area (Å²) >= 11 is 0. The predicted molar refractivity (Wildman–Crippen MR) is 50.3 cm³/mol. The number of aryl methyl sites for hydroxylation is 1. The van der Waals surface area contributed by atoms with Crippen LogP contribution in [0.15, 0.2) is 0 Å². The van der Waals surface area contributed by atoms with E-state index in [0.717, 1.165) is 25.7 Å². The van der Waals surface area contributed by atoms with Crippen LogP contribution in [-0.2, 0) is 12.6 Å². The second-order valence-electron chi connectivity index (χ2n) is 4.32. The van der Waals surface area contributed by atoms with Crippen LogP contribution in [0, 0.1) is 5.92 Å². The first-order chi connectivity index (χ1) is 6.60. The van der Waals surface area contributed by atoms with E-state index in [4.69, 9.17) is 0 Å². The molecule has 1 N–H and O–H groups in total. The largest absolute Gasteiger partial charge is 0.382 e. The van der Waals surface area contributed by atoms with Gasteiger partial charge in [-0.25, -0.2) is 0 Å². The zero-order chi connectivity index (χ0) is 10.2. The molecule has 0 atom stereocenters. The maximum absolute atomic E-state index is 10.3. The van der Waals surface area contributed by atoms with Gasteiger partial charge in [-0.2, -0.15) is 4.80 Å². The van der Waals surface area contributed by atoms with E-state index in [1.165, 1.54) is 4.80 Å². The van der Waals surface area contributed by atoms with Crippen molar-refractivity contribution in [1.29, 1.82) is 0 Å². The molecule has 1 aromatic rings. The highest BCUT2D eigenvalue weighted by molar-refractivity contribution is 4.99. The van der Waals surface area contributed by atoms with Gasteiger partial charge in [0.15, 0.2) is 0 Å². The van der Waals surface area contributed by atoms with Crippen molar-refractivity contribution in [1.82, 2.24) is 20.2 Å². The van der Waals surface area contributed by atoms with Crippen molar-refractivity contribution >= 4 is 0 Å². The average Bonchev–Trinajstić information content (AvgIpc) is 2.58. The molecule has 14 heavy (non-hydrogen) atoms. The molecule has 2 rings (SSSR count). The lowest BCUT2D eigenvalue weighted by molar-refractivity contribution is -0.0200. The molecule has 5 heteroatoms. The quantitative estimate of drug-likeness (QED) is 0.714. The molecule has 0 aromatic carbocycles. The van der Waals surface area contributed by atoms with Gasteiger partial charge in [-0.3, -0.25) is 0 Å². The Bertz CT molecular complexity index is 314. The standard InChI is InChI=1S/C9H16N4O/c1-7-3-5-9(14,6-4-7)8-10-12-13(2)11-8/h7,14H,3-6H2,1-2H3. The molecule has 0 radical (unpaired) electrons. The van der Waals surface area contributed by atoms with Crippen molar-refractivity contribution in [2.75, 3.05) is 0 Å². The topological polar surface area (TPSA) is 63.8 Å². The Balaban J connectivity index is 2.16. The van der Waals surface area contributed by atoms with Crippen molar-refractivity contribution in [3.63, 3.8) is 0 Å². The summed E-state index contributed by atoms with van der Waals surface area (Å²) in [6.07, 6.45) is 3.57. The highest BCUT2D eigenvalue weighted by Gasteiger charge is 2.37. The lowest BCUT2D eigenvalue weighted by Crippen LogP contribution is -2.32. The second kappa shape index (κ2) is 3.31. The Morgan fingerprint density at radius 2 is 2.07 bits per heavy atom. The third-order valence-electron chi connectivity index (χ3n) is 3.03. The highest BCUT2D eigenvalue weighted by atomic mass is 16.3. The maximum atomic E-state index is 10.3. The van der Waals surface area contributed by atoms with Crippen molar-refractivity contribution < 1.29 is 5.11 Å². The minimum atomic E-state index is -0.833. The van der Waals surface area contributed by atoms with Crippen LogP contribution >= 0.6 is 0 Å². The number of hydrogen-bond donors (Lipinski definition) is 1. The van der Waals surface area contributed by atoms with E-state index >= 15 is 0 Å². The normalized spacial score (nSPS) is 33.2. The molecule has 0 aliphatic heterocycles. The zero-order valence-corrected chi connectivity index (χ0v) is 8.64. The average molecular weight is 196 g/mol. The number of aromatic nitrogens is 4. The molecular weight excluding hydrogens is 180 g/mol. The number of tetrazole rings is 1. The number of hydrogen-bond acceptors (Lipinski definition) is 4. The van der Waals surface area contributed by atoms with Crippen molar-refractivity contribution in [2.45, 2.75) is 38.2 Å². The summed E-state index contributed by atoms with van der Waals surface area (Å²) in [4.78, 5) is 1.39. The first-order valence-electron chi connectivity index (χ1n) is 5.07. The van der Waals surface area contributed by atoms with Gasteiger partial charge in [-0.15, -0.1) is 10.2 Å². The van der Waals surface area contributed by atoms with E-state index in [1.807, 2.05) is 0 Å². The van der Waals surface area contributed by atoms with Crippen LogP contribution in [0.1, 0.15) is 38.4 Å². The molecule has 78 valence electrons. The summed E-state index contributed by atoms with van der Waals surface area (Å²) in [5.41, 5.74) is -0.833. The van der Waals surface area contributed by atoms with Crippen molar-refractivity contribution in [3.05, 3.63) is 5.82 Å². The summed E-state index contributed by atoms with van der Waals surface area (Å²) in [5.74, 6) is 1.18. The van der Waals surface area contributed by atoms with Crippen LogP contribution in [-0.4, -0.2) is 25.3 Å². The molecule has 0 spiro atoms. The van der Waals surface area contributed by atoms with Gasteiger partial charge in [-0.1, -0.05) is 6.92 Å². The SMILES string of the molecule is CC1CCC(O)(c2nnn(C)n2)CC1. The summed E-state index contributed by atoms with van der Waals surface area (Å²) in [6, 6.07) is 0. The van der Waals surface area contributed by atoms with Crippen molar-refractivity contribution in [3.8, 4) is 0 Å². The fourth-order valence-corrected chi connectivity index (χ4v) is 1.93. The third kappa shape index (κ3) is 1.64. The highest BCUT2D eigenvalue weighted by Crippen LogP contribution is 2.37.